The minimum atomic E-state index is -5.01. The van der Waals surface area contributed by atoms with E-state index in [-0.39, 0.29) is 10.9 Å². The Morgan fingerprint density at radius 3 is 1.41 bits per heavy atom. The molecular weight excluding hydrogens is 534 g/mol. The zero-order valence-corrected chi connectivity index (χ0v) is 22.7. The van der Waals surface area contributed by atoms with Crippen molar-refractivity contribution in [3.05, 3.63) is 156 Å². The molecule has 0 unspecified atom stereocenters. The third-order valence-electron chi connectivity index (χ3n) is 7.59. The van der Waals surface area contributed by atoms with Gasteiger partial charge in [0.25, 0.3) is 0 Å². The van der Waals surface area contributed by atoms with Gasteiger partial charge in [-0.25, -0.2) is 0 Å². The van der Waals surface area contributed by atoms with Crippen LogP contribution in [0.1, 0.15) is 29.5 Å². The van der Waals surface area contributed by atoms with Crippen LogP contribution >= 0.6 is 17.0 Å². The van der Waals surface area contributed by atoms with E-state index in [2.05, 4.69) is 133 Å². The van der Waals surface area contributed by atoms with Gasteiger partial charge in [-0.3, -0.25) is 0 Å². The van der Waals surface area contributed by atoms with Gasteiger partial charge in [0, 0.05) is 0 Å². The zero-order chi connectivity index (χ0) is 23.2. The molecule has 4 aromatic carbocycles. The molecule has 4 aromatic rings. The van der Waals surface area contributed by atoms with Crippen LogP contribution in [0, 0.1) is 0 Å². The number of benzene rings is 4. The number of halogens is 2. The average molecular weight is 560 g/mol. The van der Waals surface area contributed by atoms with Crippen molar-refractivity contribution in [1.82, 2.24) is 0 Å². The Balaban J connectivity index is 1.72. The molecule has 0 fully saturated rings. The topological polar surface area (TPSA) is 0 Å². The van der Waals surface area contributed by atoms with Crippen LogP contribution in [0.2, 0.25) is 3.63 Å². The van der Waals surface area contributed by atoms with E-state index in [0.717, 1.165) is 0 Å². The molecule has 0 radical (unpaired) electrons. The fourth-order valence-corrected chi connectivity index (χ4v) is 27.0. The van der Waals surface area contributed by atoms with E-state index >= 15 is 0 Å². The summed E-state index contributed by atoms with van der Waals surface area (Å²) in [5.74, 6) is 0. The zero-order valence-electron chi connectivity index (χ0n) is 18.7. The van der Waals surface area contributed by atoms with Gasteiger partial charge in [0.1, 0.15) is 0 Å². The van der Waals surface area contributed by atoms with Crippen molar-refractivity contribution in [1.29, 1.82) is 0 Å². The Morgan fingerprint density at radius 1 is 0.529 bits per heavy atom. The van der Waals surface area contributed by atoms with E-state index in [1.165, 1.54) is 33.4 Å². The number of allylic oxidation sites excluding steroid dienone is 4. The summed E-state index contributed by atoms with van der Waals surface area (Å²) in [6.07, 6.45) is 8.71. The molecule has 2 aliphatic rings. The number of hydrogen-bond acceptors (Lipinski definition) is 0. The maximum absolute atomic E-state index is 8.37. The van der Waals surface area contributed by atoms with Crippen molar-refractivity contribution < 1.29 is 16.4 Å². The molecule has 0 aromatic heterocycles. The molecule has 0 saturated heterocycles. The Hall–Kier alpha value is -2.18. The van der Waals surface area contributed by atoms with E-state index in [4.69, 9.17) is 17.0 Å². The standard InChI is InChI=1S/C13H9.C13H11.C5H5.2ClH.Zr/c1-3-7-12-10(5-1)9-11-6-2-4-8-13(11)12;1-3-7-12(8-4-1)11-13-9-5-2-6-10-13;1-2-4-5-3-1;;;/h1-9H;1-11H;1-5H;2*1H;/q;;;;;+2/p-2. The first-order valence-electron chi connectivity index (χ1n) is 11.8. The minimum absolute atomic E-state index is 0.0133. The molecule has 0 nitrogen and oxygen atoms in total. The normalized spacial score (nSPS) is 16.4. The van der Waals surface area contributed by atoms with Crippen molar-refractivity contribution in [2.75, 3.05) is 0 Å². The van der Waals surface area contributed by atoms with Crippen LogP contribution in [0.5, 0.6) is 0 Å². The van der Waals surface area contributed by atoms with Gasteiger partial charge < -0.3 is 0 Å². The first-order chi connectivity index (χ1) is 16.6. The first-order valence-corrected chi connectivity index (χ1v) is 22.4. The first kappa shape index (κ1) is 22.3. The van der Waals surface area contributed by atoms with Gasteiger partial charge in [0.05, 0.1) is 0 Å². The predicted octanol–water partition coefficient (Wildman–Crippen LogP) is 9.46. The average Bonchev–Trinajstić information content (AvgIpc) is 3.54. The molecule has 0 bridgehead atoms. The maximum atomic E-state index is 8.37. The molecule has 167 valence electrons. The van der Waals surface area contributed by atoms with Crippen LogP contribution in [-0.4, -0.2) is 0 Å². The summed E-state index contributed by atoms with van der Waals surface area (Å²) in [5.41, 5.74) is 7.45. The van der Waals surface area contributed by atoms with Crippen molar-refractivity contribution in [3.8, 4) is 11.1 Å². The molecule has 0 heterocycles. The van der Waals surface area contributed by atoms with Crippen molar-refractivity contribution >= 4 is 17.0 Å². The third kappa shape index (κ3) is 3.29. The summed E-state index contributed by atoms with van der Waals surface area (Å²) in [5, 5.41) is 0. The van der Waals surface area contributed by atoms with Gasteiger partial charge in [0.15, 0.2) is 0 Å². The van der Waals surface area contributed by atoms with Crippen molar-refractivity contribution in [2.24, 2.45) is 0 Å². The van der Waals surface area contributed by atoms with Crippen LogP contribution < -0.4 is 0 Å². The molecular formula is C31H25Cl2Zr. The van der Waals surface area contributed by atoms with Gasteiger partial charge in [-0.15, -0.1) is 0 Å². The van der Waals surface area contributed by atoms with E-state index < -0.39 is 16.4 Å². The SMILES string of the molecule is [Cl][Zr]([Cl])([CH]1C=CC=C1)([CH](c1ccccc1)c1ccccc1)[CH]1c2ccccc2-c2ccccc21. The summed E-state index contributed by atoms with van der Waals surface area (Å²) in [6.45, 7) is 0. The Bertz CT molecular complexity index is 1300. The molecule has 6 rings (SSSR count). The monoisotopic (exact) mass is 557 g/mol. The van der Waals surface area contributed by atoms with E-state index in [1.54, 1.807) is 0 Å². The number of fused-ring (bicyclic) bond motifs is 3. The van der Waals surface area contributed by atoms with Gasteiger partial charge in [-0.05, 0) is 0 Å². The van der Waals surface area contributed by atoms with Crippen LogP contribution in [0.25, 0.3) is 11.1 Å². The van der Waals surface area contributed by atoms with Gasteiger partial charge in [-0.2, -0.15) is 0 Å². The molecule has 0 saturated carbocycles. The molecule has 0 atom stereocenters. The van der Waals surface area contributed by atoms with Crippen LogP contribution in [0.3, 0.4) is 0 Å². The molecule has 0 spiro atoms. The van der Waals surface area contributed by atoms with Gasteiger partial charge in [-0.1, -0.05) is 0 Å². The molecule has 34 heavy (non-hydrogen) atoms. The fourth-order valence-electron chi connectivity index (χ4n) is 6.22. The molecule has 3 heteroatoms. The predicted molar refractivity (Wildman–Crippen MR) is 142 cm³/mol. The second-order valence-electron chi connectivity index (χ2n) is 9.38. The molecule has 2 aliphatic carbocycles. The Morgan fingerprint density at radius 2 is 0.941 bits per heavy atom. The van der Waals surface area contributed by atoms with E-state index in [0.29, 0.717) is 0 Å². The summed E-state index contributed by atoms with van der Waals surface area (Å²) in [4.78, 5) is 0. The second kappa shape index (κ2) is 8.49. The third-order valence-corrected chi connectivity index (χ3v) is 28.4. The number of rotatable bonds is 5. The van der Waals surface area contributed by atoms with Gasteiger partial charge >= 0.3 is 211 Å². The van der Waals surface area contributed by atoms with Crippen LogP contribution in [0.4, 0.5) is 0 Å². The quantitative estimate of drug-likeness (QED) is 0.228. The Kier molecular flexibility index (Phi) is 5.57. The summed E-state index contributed by atoms with van der Waals surface area (Å²) >= 11 is -5.01. The van der Waals surface area contributed by atoms with E-state index in [9.17, 15) is 0 Å². The molecule has 0 N–H and O–H groups in total. The van der Waals surface area contributed by atoms with Crippen molar-refractivity contribution in [3.63, 3.8) is 0 Å². The second-order valence-corrected chi connectivity index (χ2v) is 31.0. The van der Waals surface area contributed by atoms with Crippen LogP contribution in [-0.2, 0) is 16.4 Å². The molecule has 0 aliphatic heterocycles. The molecule has 0 amide bonds. The van der Waals surface area contributed by atoms with Crippen molar-refractivity contribution in [2.45, 2.75) is 10.9 Å². The fraction of sp³-hybridized carbons (Fsp3) is 0.0968. The number of hydrogen-bond donors (Lipinski definition) is 0. The Labute approximate surface area is 209 Å². The summed E-state index contributed by atoms with van der Waals surface area (Å²) < 4.78 is -0.0897. The van der Waals surface area contributed by atoms with Gasteiger partial charge in [0.2, 0.25) is 0 Å². The van der Waals surface area contributed by atoms with E-state index in [1.807, 2.05) is 0 Å². The summed E-state index contributed by atoms with van der Waals surface area (Å²) in [6, 6.07) is 38.7. The van der Waals surface area contributed by atoms with Crippen LogP contribution in [0.15, 0.2) is 133 Å². The summed E-state index contributed by atoms with van der Waals surface area (Å²) in [7, 11) is 16.7.